The molecule has 2 unspecified atom stereocenters. The first kappa shape index (κ1) is 13.4. The number of ether oxygens (including phenoxy) is 1. The van der Waals surface area contributed by atoms with Crippen LogP contribution in [0.15, 0.2) is 12.1 Å². The molecule has 18 heavy (non-hydrogen) atoms. The van der Waals surface area contributed by atoms with Crippen LogP contribution in [0.1, 0.15) is 13.3 Å². The minimum Gasteiger partial charge on any atom is -0.475 e. The van der Waals surface area contributed by atoms with E-state index in [9.17, 15) is 0 Å². The first-order valence-corrected chi connectivity index (χ1v) is 6.66. The zero-order chi connectivity index (χ0) is 13.1. The van der Waals surface area contributed by atoms with Crippen molar-refractivity contribution in [1.29, 1.82) is 0 Å². The predicted octanol–water partition coefficient (Wildman–Crippen LogP) is 2.18. The van der Waals surface area contributed by atoms with Gasteiger partial charge in [0.1, 0.15) is 17.4 Å². The molecule has 0 aromatic carbocycles. The van der Waals surface area contributed by atoms with Crippen molar-refractivity contribution in [3.05, 3.63) is 17.2 Å². The Bertz CT molecular complexity index is 411. The molecule has 2 heterocycles. The summed E-state index contributed by atoms with van der Waals surface area (Å²) in [6.07, 6.45) is 1.20. The second-order valence-corrected chi connectivity index (χ2v) is 5.40. The van der Waals surface area contributed by atoms with Crippen molar-refractivity contribution in [2.24, 2.45) is 5.92 Å². The van der Waals surface area contributed by atoms with Gasteiger partial charge in [0.2, 0.25) is 5.88 Å². The number of halogens is 1. The Kier molecular flexibility index (Phi) is 4.30. The summed E-state index contributed by atoms with van der Waals surface area (Å²) in [4.78, 5) is 6.33. The highest BCUT2D eigenvalue weighted by atomic mass is 35.5. The quantitative estimate of drug-likeness (QED) is 0.909. The second-order valence-electron chi connectivity index (χ2n) is 4.99. The smallest absolute Gasteiger partial charge is 0.234 e. The van der Waals surface area contributed by atoms with E-state index < -0.39 is 0 Å². The van der Waals surface area contributed by atoms with Gasteiger partial charge in [-0.25, -0.2) is 0 Å². The lowest BCUT2D eigenvalue weighted by molar-refractivity contribution is 0.246. The molecule has 1 N–H and O–H groups in total. The van der Waals surface area contributed by atoms with Crippen molar-refractivity contribution in [2.45, 2.75) is 19.4 Å². The van der Waals surface area contributed by atoms with Crippen LogP contribution < -0.4 is 15.0 Å². The molecule has 0 radical (unpaired) electrons. The standard InChI is InChI=1S/C13H20ClN3O/c1-9-6-7-15-11(9)8-18-13-10(14)4-5-12(16-13)17(2)3/h4-5,9,11,15H,6-8H2,1-3H3. The van der Waals surface area contributed by atoms with Gasteiger partial charge in [0, 0.05) is 20.1 Å². The highest BCUT2D eigenvalue weighted by Crippen LogP contribution is 2.25. The molecule has 0 saturated carbocycles. The van der Waals surface area contributed by atoms with E-state index in [1.54, 1.807) is 0 Å². The van der Waals surface area contributed by atoms with Gasteiger partial charge in [-0.2, -0.15) is 4.98 Å². The van der Waals surface area contributed by atoms with Crippen molar-refractivity contribution in [1.82, 2.24) is 10.3 Å². The molecule has 1 aliphatic heterocycles. The molecule has 1 saturated heterocycles. The highest BCUT2D eigenvalue weighted by Gasteiger charge is 2.23. The molecule has 1 aromatic rings. The Hall–Kier alpha value is -1.00. The SMILES string of the molecule is CC1CCNC1COc1nc(N(C)C)ccc1Cl. The van der Waals surface area contributed by atoms with Gasteiger partial charge < -0.3 is 15.0 Å². The molecule has 0 bridgehead atoms. The summed E-state index contributed by atoms with van der Waals surface area (Å²) in [7, 11) is 3.89. The molecule has 1 aromatic heterocycles. The van der Waals surface area contributed by atoms with Gasteiger partial charge >= 0.3 is 0 Å². The number of hydrogen-bond acceptors (Lipinski definition) is 4. The van der Waals surface area contributed by atoms with Gasteiger partial charge in [-0.1, -0.05) is 18.5 Å². The molecule has 5 heteroatoms. The summed E-state index contributed by atoms with van der Waals surface area (Å²) in [6, 6.07) is 4.10. The minimum atomic E-state index is 0.394. The Morgan fingerprint density at radius 3 is 2.89 bits per heavy atom. The maximum Gasteiger partial charge on any atom is 0.234 e. The van der Waals surface area contributed by atoms with Crippen molar-refractivity contribution < 1.29 is 4.74 Å². The lowest BCUT2D eigenvalue weighted by Gasteiger charge is -2.18. The van der Waals surface area contributed by atoms with Gasteiger partial charge in [-0.15, -0.1) is 0 Å². The molecule has 4 nitrogen and oxygen atoms in total. The summed E-state index contributed by atoms with van der Waals surface area (Å²) in [6.45, 7) is 3.91. The van der Waals surface area contributed by atoms with Crippen LogP contribution in [0.3, 0.4) is 0 Å². The van der Waals surface area contributed by atoms with E-state index in [1.807, 2.05) is 31.1 Å². The molecule has 100 valence electrons. The summed E-state index contributed by atoms with van der Waals surface area (Å²) in [5.41, 5.74) is 0. The van der Waals surface area contributed by atoms with Crippen molar-refractivity contribution in [2.75, 3.05) is 32.1 Å². The molecule has 0 aliphatic carbocycles. The average molecular weight is 270 g/mol. The molecule has 0 spiro atoms. The number of nitrogens with one attached hydrogen (secondary N) is 1. The average Bonchev–Trinajstić information content (AvgIpc) is 2.73. The molecule has 1 aliphatic rings. The lowest BCUT2D eigenvalue weighted by Crippen LogP contribution is -2.32. The van der Waals surface area contributed by atoms with Gasteiger partial charge in [0.25, 0.3) is 0 Å². The van der Waals surface area contributed by atoms with Gasteiger partial charge in [0.15, 0.2) is 0 Å². The molecular formula is C13H20ClN3O. The molecule has 1 fully saturated rings. The summed E-state index contributed by atoms with van der Waals surface area (Å²) in [5.74, 6) is 2.01. The number of nitrogens with zero attached hydrogens (tertiary/aromatic N) is 2. The van der Waals surface area contributed by atoms with E-state index in [4.69, 9.17) is 16.3 Å². The van der Waals surface area contributed by atoms with Crippen LogP contribution in [0, 0.1) is 5.92 Å². The first-order chi connectivity index (χ1) is 8.58. The Morgan fingerprint density at radius 2 is 2.28 bits per heavy atom. The van der Waals surface area contributed by atoms with E-state index in [-0.39, 0.29) is 0 Å². The van der Waals surface area contributed by atoms with Crippen LogP contribution >= 0.6 is 11.6 Å². The highest BCUT2D eigenvalue weighted by molar-refractivity contribution is 6.31. The Morgan fingerprint density at radius 1 is 1.50 bits per heavy atom. The maximum absolute atomic E-state index is 6.10. The van der Waals surface area contributed by atoms with E-state index in [1.165, 1.54) is 6.42 Å². The minimum absolute atomic E-state index is 0.394. The van der Waals surface area contributed by atoms with Crippen LogP contribution in [0.5, 0.6) is 5.88 Å². The van der Waals surface area contributed by atoms with Gasteiger partial charge in [-0.3, -0.25) is 0 Å². The zero-order valence-corrected chi connectivity index (χ0v) is 11.9. The fraction of sp³-hybridized carbons (Fsp3) is 0.615. The third kappa shape index (κ3) is 3.06. The van der Waals surface area contributed by atoms with E-state index in [0.717, 1.165) is 12.4 Å². The van der Waals surface area contributed by atoms with E-state index >= 15 is 0 Å². The first-order valence-electron chi connectivity index (χ1n) is 6.28. The topological polar surface area (TPSA) is 37.4 Å². The van der Waals surface area contributed by atoms with Crippen LogP contribution in [0.2, 0.25) is 5.02 Å². The maximum atomic E-state index is 6.10. The predicted molar refractivity (Wildman–Crippen MR) is 74.6 cm³/mol. The van der Waals surface area contributed by atoms with E-state index in [0.29, 0.717) is 29.5 Å². The number of pyridine rings is 1. The number of rotatable bonds is 4. The van der Waals surface area contributed by atoms with Gasteiger partial charge in [0.05, 0.1) is 0 Å². The van der Waals surface area contributed by atoms with Crippen LogP contribution in [0.4, 0.5) is 5.82 Å². The Balaban J connectivity index is 2.01. The summed E-state index contributed by atoms with van der Waals surface area (Å²) < 4.78 is 5.75. The van der Waals surface area contributed by atoms with Crippen LogP contribution in [-0.2, 0) is 0 Å². The van der Waals surface area contributed by atoms with Crippen LogP contribution in [-0.4, -0.2) is 38.3 Å². The fourth-order valence-corrected chi connectivity index (χ4v) is 2.21. The molecular weight excluding hydrogens is 250 g/mol. The molecule has 2 rings (SSSR count). The third-order valence-electron chi connectivity index (χ3n) is 3.35. The largest absolute Gasteiger partial charge is 0.475 e. The van der Waals surface area contributed by atoms with Crippen molar-refractivity contribution in [3.63, 3.8) is 0 Å². The Labute approximate surface area is 113 Å². The van der Waals surface area contributed by atoms with Crippen molar-refractivity contribution in [3.8, 4) is 5.88 Å². The summed E-state index contributed by atoms with van der Waals surface area (Å²) in [5, 5.41) is 3.99. The zero-order valence-electron chi connectivity index (χ0n) is 11.1. The van der Waals surface area contributed by atoms with Crippen molar-refractivity contribution >= 4 is 17.4 Å². The number of hydrogen-bond donors (Lipinski definition) is 1. The monoisotopic (exact) mass is 269 g/mol. The van der Waals surface area contributed by atoms with Crippen LogP contribution in [0.25, 0.3) is 0 Å². The second kappa shape index (κ2) is 5.76. The normalized spacial score (nSPS) is 23.1. The lowest BCUT2D eigenvalue weighted by atomic mass is 10.0. The summed E-state index contributed by atoms with van der Waals surface area (Å²) >= 11 is 6.10. The van der Waals surface area contributed by atoms with Gasteiger partial charge in [-0.05, 0) is 31.0 Å². The number of anilines is 1. The molecule has 0 amide bonds. The third-order valence-corrected chi connectivity index (χ3v) is 3.64. The van der Waals surface area contributed by atoms with E-state index in [2.05, 4.69) is 17.2 Å². The molecule has 2 atom stereocenters. The number of aromatic nitrogens is 1. The fourth-order valence-electron chi connectivity index (χ4n) is 2.05.